The van der Waals surface area contributed by atoms with Gasteiger partial charge in [0.2, 0.25) is 5.91 Å². The number of hydrogen-bond donors (Lipinski definition) is 5. The van der Waals surface area contributed by atoms with Crippen molar-refractivity contribution in [2.24, 2.45) is 23.5 Å². The van der Waals surface area contributed by atoms with Gasteiger partial charge in [0.15, 0.2) is 0 Å². The van der Waals surface area contributed by atoms with E-state index in [1.165, 1.54) is 43.5 Å². The highest BCUT2D eigenvalue weighted by Gasteiger charge is 2.52. The Bertz CT molecular complexity index is 1780. The van der Waals surface area contributed by atoms with Gasteiger partial charge in [0, 0.05) is 23.4 Å². The highest BCUT2D eigenvalue weighted by molar-refractivity contribution is 7.92. The lowest BCUT2D eigenvalue weighted by Crippen LogP contribution is -2.48. The molecule has 2 amide bonds. The molecule has 15 heteroatoms. The number of ether oxygens (including phenoxy) is 1. The van der Waals surface area contributed by atoms with E-state index in [9.17, 15) is 41.4 Å². The smallest absolute Gasteiger partial charge is 0.496 e. The van der Waals surface area contributed by atoms with Crippen molar-refractivity contribution in [3.8, 4) is 16.9 Å². The molecule has 6 N–H and O–H groups in total. The van der Waals surface area contributed by atoms with E-state index in [2.05, 4.69) is 10.6 Å². The molecule has 3 aromatic rings. The largest absolute Gasteiger partial charge is 0.501 e. The average Bonchev–Trinajstić information content (AvgIpc) is 3.66. The summed E-state index contributed by atoms with van der Waals surface area (Å²) in [6.45, 7) is -1.06. The first kappa shape index (κ1) is 34.3. The third-order valence-corrected chi connectivity index (χ3v) is 10.6. The van der Waals surface area contributed by atoms with E-state index in [1.54, 1.807) is 0 Å². The van der Waals surface area contributed by atoms with Crippen molar-refractivity contribution in [3.63, 3.8) is 0 Å². The number of amides is 2. The number of nitrogens with one attached hydrogen (secondary N) is 2. The number of aliphatic hydroxyl groups is 2. The molecule has 5 rings (SSSR count). The van der Waals surface area contributed by atoms with Gasteiger partial charge in [-0.2, -0.15) is 13.2 Å². The molecular weight excluding hydrogens is 646 g/mol. The molecule has 0 saturated heterocycles. The standard InChI is InChI=1S/C32H33F4N3O7S/c1-46-26-14-25(33)23(17-7-9-20(10-8-17)31(37,15-40)16-41)13-24(26)29(42)39-28-19-6-5-18(11-19)27(28)30(43)38-21-3-2-4-22(12-21)47(44,45)32(34,35)36/h2-4,7-10,12-14,18-19,27-28,40-41H,5-6,11,15-16,37H2,1H3,(H,38,43)(H,39,42). The fraction of sp³-hybridized carbons (Fsp3) is 0.375. The number of alkyl halides is 3. The number of sulfone groups is 1. The lowest BCUT2D eigenvalue weighted by Gasteiger charge is -2.31. The quantitative estimate of drug-likeness (QED) is 0.202. The fourth-order valence-electron chi connectivity index (χ4n) is 6.54. The second-order valence-electron chi connectivity index (χ2n) is 11.9. The maximum absolute atomic E-state index is 15.2. The van der Waals surface area contributed by atoms with E-state index in [0.29, 0.717) is 24.0 Å². The zero-order chi connectivity index (χ0) is 34.3. The van der Waals surface area contributed by atoms with Crippen molar-refractivity contribution in [1.82, 2.24) is 5.32 Å². The van der Waals surface area contributed by atoms with E-state index in [4.69, 9.17) is 10.5 Å². The molecule has 47 heavy (non-hydrogen) atoms. The number of anilines is 1. The molecule has 2 aliphatic rings. The predicted molar refractivity (Wildman–Crippen MR) is 162 cm³/mol. The van der Waals surface area contributed by atoms with Crippen LogP contribution in [0.15, 0.2) is 65.6 Å². The van der Waals surface area contributed by atoms with Gasteiger partial charge < -0.3 is 31.3 Å². The van der Waals surface area contributed by atoms with Crippen LogP contribution < -0.4 is 21.1 Å². The van der Waals surface area contributed by atoms with Crippen LogP contribution in [0.2, 0.25) is 0 Å². The molecule has 0 aliphatic heterocycles. The van der Waals surface area contributed by atoms with Gasteiger partial charge in [-0.3, -0.25) is 9.59 Å². The summed E-state index contributed by atoms with van der Waals surface area (Å²) >= 11 is 0. The number of halogens is 4. The van der Waals surface area contributed by atoms with Crippen LogP contribution >= 0.6 is 0 Å². The first-order chi connectivity index (χ1) is 22.1. The van der Waals surface area contributed by atoms with Crippen molar-refractivity contribution >= 4 is 27.3 Å². The van der Waals surface area contributed by atoms with Crippen LogP contribution in [-0.2, 0) is 20.2 Å². The number of nitrogens with two attached hydrogens (primary N) is 1. The van der Waals surface area contributed by atoms with Crippen LogP contribution in [0.5, 0.6) is 5.75 Å². The third-order valence-electron chi connectivity index (χ3n) is 9.10. The number of carbonyl (C=O) groups excluding carboxylic acids is 2. The Morgan fingerprint density at radius 2 is 1.66 bits per heavy atom. The molecule has 2 aliphatic carbocycles. The van der Waals surface area contributed by atoms with Gasteiger partial charge in [0.25, 0.3) is 15.7 Å². The molecule has 0 radical (unpaired) electrons. The molecule has 0 spiro atoms. The van der Waals surface area contributed by atoms with E-state index >= 15 is 4.39 Å². The first-order valence-electron chi connectivity index (χ1n) is 14.7. The Morgan fingerprint density at radius 3 is 2.28 bits per heavy atom. The molecule has 2 saturated carbocycles. The topological polar surface area (TPSA) is 168 Å². The van der Waals surface area contributed by atoms with Crippen LogP contribution in [0, 0.1) is 23.6 Å². The molecule has 4 atom stereocenters. The molecular formula is C32H33F4N3O7S. The predicted octanol–water partition coefficient (Wildman–Crippen LogP) is 3.72. The van der Waals surface area contributed by atoms with Crippen LogP contribution in [0.4, 0.5) is 23.2 Å². The summed E-state index contributed by atoms with van der Waals surface area (Å²) in [6, 6.07) is 11.7. The molecule has 2 fully saturated rings. The minimum absolute atomic E-state index is 0.0149. The fourth-order valence-corrected chi connectivity index (χ4v) is 7.35. The van der Waals surface area contributed by atoms with E-state index in [-0.39, 0.29) is 34.4 Å². The highest BCUT2D eigenvalue weighted by atomic mass is 32.2. The maximum atomic E-state index is 15.2. The number of rotatable bonds is 10. The van der Waals surface area contributed by atoms with Gasteiger partial charge in [0.1, 0.15) is 11.6 Å². The van der Waals surface area contributed by atoms with Crippen LogP contribution in [0.1, 0.15) is 35.2 Å². The van der Waals surface area contributed by atoms with E-state index < -0.39 is 68.6 Å². The van der Waals surface area contributed by atoms with Crippen molar-refractivity contribution in [2.75, 3.05) is 25.6 Å². The Morgan fingerprint density at radius 1 is 1.00 bits per heavy atom. The van der Waals surface area contributed by atoms with E-state index in [1.807, 2.05) is 0 Å². The van der Waals surface area contributed by atoms with Gasteiger partial charge >= 0.3 is 5.51 Å². The van der Waals surface area contributed by atoms with Gasteiger partial charge in [0.05, 0.1) is 42.2 Å². The number of benzene rings is 3. The van der Waals surface area contributed by atoms with Gasteiger partial charge in [-0.25, -0.2) is 12.8 Å². The molecule has 252 valence electrons. The Balaban J connectivity index is 1.39. The molecule has 4 unspecified atom stereocenters. The minimum atomic E-state index is -5.64. The number of fused-ring (bicyclic) bond motifs is 2. The number of methoxy groups -OCH3 is 1. The first-order valence-corrected chi connectivity index (χ1v) is 16.1. The maximum Gasteiger partial charge on any atom is 0.501 e. The lowest BCUT2D eigenvalue weighted by molar-refractivity contribution is -0.122. The zero-order valence-electron chi connectivity index (χ0n) is 25.1. The average molecular weight is 680 g/mol. The SMILES string of the molecule is COc1cc(F)c(-c2ccc(C(N)(CO)CO)cc2)cc1C(=O)NC1C2CCC(C2)C1C(=O)Nc1cccc(S(=O)(=O)C(F)(F)F)c1. The van der Waals surface area contributed by atoms with Crippen molar-refractivity contribution in [1.29, 1.82) is 0 Å². The van der Waals surface area contributed by atoms with Gasteiger partial charge in [-0.1, -0.05) is 30.3 Å². The van der Waals surface area contributed by atoms with Gasteiger partial charge in [-0.15, -0.1) is 0 Å². The highest BCUT2D eigenvalue weighted by Crippen LogP contribution is 2.49. The van der Waals surface area contributed by atoms with Crippen LogP contribution in [-0.4, -0.2) is 62.3 Å². The normalized spacial score (nSPS) is 21.0. The van der Waals surface area contributed by atoms with Crippen molar-refractivity contribution in [3.05, 3.63) is 77.6 Å². The monoisotopic (exact) mass is 679 g/mol. The summed E-state index contributed by atoms with van der Waals surface area (Å²) in [4.78, 5) is 26.2. The van der Waals surface area contributed by atoms with Gasteiger partial charge in [-0.05, 0) is 66.5 Å². The summed E-state index contributed by atoms with van der Waals surface area (Å²) in [5.74, 6) is -2.97. The zero-order valence-corrected chi connectivity index (χ0v) is 25.9. The number of hydrogen-bond acceptors (Lipinski definition) is 8. The summed E-state index contributed by atoms with van der Waals surface area (Å²) in [5, 5.41) is 24.6. The van der Waals surface area contributed by atoms with Crippen LogP contribution in [0.25, 0.3) is 11.1 Å². The van der Waals surface area contributed by atoms with Crippen molar-refractivity contribution < 1.29 is 50.5 Å². The lowest BCUT2D eigenvalue weighted by atomic mass is 9.83. The van der Waals surface area contributed by atoms with E-state index in [0.717, 1.165) is 30.7 Å². The molecule has 0 aromatic heterocycles. The second-order valence-corrected chi connectivity index (χ2v) is 13.8. The summed E-state index contributed by atoms with van der Waals surface area (Å²) in [7, 11) is -4.37. The second kappa shape index (κ2) is 12.9. The summed E-state index contributed by atoms with van der Waals surface area (Å²) in [6.07, 6.45) is 2.03. The summed E-state index contributed by atoms with van der Waals surface area (Å²) < 4.78 is 83.6. The van der Waals surface area contributed by atoms with Crippen LogP contribution in [0.3, 0.4) is 0 Å². The molecule has 2 bridgehead atoms. The summed E-state index contributed by atoms with van der Waals surface area (Å²) in [5.41, 5.74) is -0.237. The molecule has 0 heterocycles. The number of aliphatic hydroxyl groups excluding tert-OH is 2. The Hall–Kier alpha value is -4.05. The third kappa shape index (κ3) is 6.44. The van der Waals surface area contributed by atoms with Crippen molar-refractivity contribution in [2.45, 2.75) is 41.2 Å². The molecule has 3 aromatic carbocycles. The Kier molecular flexibility index (Phi) is 9.38. The molecule has 10 nitrogen and oxygen atoms in total. The minimum Gasteiger partial charge on any atom is -0.496 e. The Labute approximate surface area is 267 Å². The number of carbonyl (C=O) groups is 2.